The smallest absolute Gasteiger partial charge is 0.337 e. The second kappa shape index (κ2) is 15.3. The zero-order valence-corrected chi connectivity index (χ0v) is 23.1. The van der Waals surface area contributed by atoms with Gasteiger partial charge in [0.15, 0.2) is 0 Å². The summed E-state index contributed by atoms with van der Waals surface area (Å²) in [6, 6.07) is 4.31. The van der Waals surface area contributed by atoms with Gasteiger partial charge in [0.05, 0.1) is 17.1 Å². The van der Waals surface area contributed by atoms with Gasteiger partial charge in [-0.2, -0.15) is 29.9 Å². The zero-order chi connectivity index (χ0) is 31.4. The molecule has 0 aliphatic rings. The van der Waals surface area contributed by atoms with Crippen molar-refractivity contribution in [2.75, 3.05) is 66.9 Å². The van der Waals surface area contributed by atoms with Gasteiger partial charge >= 0.3 is 11.9 Å². The number of benzene rings is 1. The number of carboxylic acids is 2. The molecule has 20 heteroatoms. The molecule has 2 heterocycles. The number of carboxylic acid groups (broad SMARTS) is 2. The van der Waals surface area contributed by atoms with Gasteiger partial charge in [0.25, 0.3) is 5.95 Å². The van der Waals surface area contributed by atoms with Gasteiger partial charge in [0.1, 0.15) is 13.2 Å². The van der Waals surface area contributed by atoms with Crippen LogP contribution in [-0.2, 0) is 9.68 Å². The molecule has 228 valence electrons. The van der Waals surface area contributed by atoms with Crippen molar-refractivity contribution in [1.82, 2.24) is 34.8 Å². The highest BCUT2D eigenvalue weighted by Crippen LogP contribution is 2.26. The number of likely N-dealkylation sites (N-methyl/N-ethyl adjacent to an activating group) is 1. The summed E-state index contributed by atoms with van der Waals surface area (Å²) in [5, 5.41) is 41.4. The number of aromatic carboxylic acids is 1. The Kier molecular flexibility index (Phi) is 11.3. The molecule has 3 aromatic rings. The number of aliphatic imine (C=N–C) groups is 1. The summed E-state index contributed by atoms with van der Waals surface area (Å²) in [5.74, 6) is -2.39. The number of hydrogen-bond acceptors (Lipinski definition) is 18. The van der Waals surface area contributed by atoms with E-state index in [9.17, 15) is 14.7 Å². The quantitative estimate of drug-likeness (QED) is 0.0588. The van der Waals surface area contributed by atoms with E-state index in [0.717, 1.165) is 0 Å². The highest BCUT2D eigenvalue weighted by molar-refractivity contribution is 5.96. The minimum absolute atomic E-state index is 0.00375. The van der Waals surface area contributed by atoms with Gasteiger partial charge in [-0.1, -0.05) is 6.58 Å². The van der Waals surface area contributed by atoms with Crippen molar-refractivity contribution in [2.24, 2.45) is 10.7 Å². The predicted octanol–water partition coefficient (Wildman–Crippen LogP) is 0.746. The summed E-state index contributed by atoms with van der Waals surface area (Å²) in [5.41, 5.74) is 5.81. The number of nitrogens with zero attached hydrogens (tertiary/aromatic N) is 8. The maximum absolute atomic E-state index is 12.2. The first-order valence-electron chi connectivity index (χ1n) is 12.3. The highest BCUT2D eigenvalue weighted by atomic mass is 17.1. The van der Waals surface area contributed by atoms with Crippen LogP contribution in [0.5, 0.6) is 0 Å². The summed E-state index contributed by atoms with van der Waals surface area (Å²) in [7, 11) is 3.78. The van der Waals surface area contributed by atoms with E-state index in [2.05, 4.69) is 72.9 Å². The molecule has 0 saturated carbocycles. The van der Waals surface area contributed by atoms with E-state index < -0.39 is 18.5 Å². The average molecular weight is 599 g/mol. The molecule has 0 amide bonds. The van der Waals surface area contributed by atoms with Crippen LogP contribution in [-0.4, -0.2) is 109 Å². The fraction of sp³-hybridized carbons (Fsp3) is 0.261. The van der Waals surface area contributed by atoms with Gasteiger partial charge in [-0.05, 0) is 32.3 Å². The zero-order valence-electron chi connectivity index (χ0n) is 23.1. The number of carbonyl (C=O) groups is 2. The minimum atomic E-state index is -1.28. The number of hydrogen-bond donors (Lipinski definition) is 9. The molecule has 0 aliphatic heterocycles. The Balaban J connectivity index is 1.90. The molecule has 0 aliphatic carbocycles. The van der Waals surface area contributed by atoms with E-state index in [4.69, 9.17) is 16.1 Å². The molecule has 3 rings (SSSR count). The molecule has 0 fully saturated rings. The van der Waals surface area contributed by atoms with Crippen molar-refractivity contribution in [1.29, 1.82) is 0 Å². The van der Waals surface area contributed by atoms with Crippen molar-refractivity contribution in [3.05, 3.63) is 36.2 Å². The lowest BCUT2D eigenvalue weighted by atomic mass is 10.1. The Hall–Kier alpha value is -5.73. The summed E-state index contributed by atoms with van der Waals surface area (Å²) in [4.78, 5) is 57.9. The normalized spacial score (nSPS) is 10.9. The molecule has 0 atom stereocenters. The van der Waals surface area contributed by atoms with Crippen LogP contribution in [0, 0.1) is 0 Å². The lowest BCUT2D eigenvalue weighted by Crippen LogP contribution is -2.22. The van der Waals surface area contributed by atoms with Crippen molar-refractivity contribution < 1.29 is 29.9 Å². The molecule has 0 unspecified atom stereocenters. The van der Waals surface area contributed by atoms with Crippen LogP contribution in [0.25, 0.3) is 0 Å². The summed E-state index contributed by atoms with van der Waals surface area (Å²) < 4.78 is 0. The first-order chi connectivity index (χ1) is 20.5. The number of anilines is 7. The third kappa shape index (κ3) is 10.6. The molecule has 10 N–H and O–H groups in total. The third-order valence-corrected chi connectivity index (χ3v) is 4.88. The van der Waals surface area contributed by atoms with Crippen LogP contribution >= 0.6 is 0 Å². The Bertz CT molecular complexity index is 1480. The number of aromatic nitrogens is 6. The fourth-order valence-corrected chi connectivity index (χ4v) is 3.12. The van der Waals surface area contributed by atoms with Crippen LogP contribution in [0.15, 0.2) is 35.6 Å². The fourth-order valence-electron chi connectivity index (χ4n) is 3.12. The number of nitrogens with one attached hydrogen (secondary N) is 5. The first kappa shape index (κ1) is 31.8. The Morgan fingerprint density at radius 2 is 1.65 bits per heavy atom. The van der Waals surface area contributed by atoms with E-state index in [1.54, 1.807) is 0 Å². The van der Waals surface area contributed by atoms with E-state index in [-0.39, 0.29) is 65.1 Å². The molecule has 43 heavy (non-hydrogen) atoms. The maximum Gasteiger partial charge on any atom is 0.337 e. The molecular formula is C23H30N14O6. The maximum atomic E-state index is 12.2. The van der Waals surface area contributed by atoms with Gasteiger partial charge in [-0.25, -0.2) is 14.7 Å². The number of nitrogens with two attached hydrogens (primary N) is 1. The van der Waals surface area contributed by atoms with Crippen LogP contribution in [0.3, 0.4) is 0 Å². The van der Waals surface area contributed by atoms with E-state index >= 15 is 0 Å². The number of aliphatic carboxylic acids is 1. The highest BCUT2D eigenvalue weighted by Gasteiger charge is 2.16. The van der Waals surface area contributed by atoms with Crippen molar-refractivity contribution >= 4 is 65.2 Å². The second-order valence-corrected chi connectivity index (χ2v) is 8.64. The monoisotopic (exact) mass is 598 g/mol. The molecule has 1 aromatic carbocycles. The predicted molar refractivity (Wildman–Crippen MR) is 156 cm³/mol. The molecule has 0 saturated heterocycles. The summed E-state index contributed by atoms with van der Waals surface area (Å²) in [6.07, 6.45) is 1.20. The lowest BCUT2D eigenvalue weighted by Gasteiger charge is -2.14. The molecule has 20 nitrogen and oxygen atoms in total. The summed E-state index contributed by atoms with van der Waals surface area (Å²) >= 11 is 0. The van der Waals surface area contributed by atoms with Gasteiger partial charge in [0, 0.05) is 25.0 Å². The van der Waals surface area contributed by atoms with Crippen LogP contribution in [0.4, 0.5) is 47.1 Å². The van der Waals surface area contributed by atoms with Crippen molar-refractivity contribution in [2.45, 2.75) is 0 Å². The molecule has 2 aromatic heterocycles. The lowest BCUT2D eigenvalue weighted by molar-refractivity contribution is -0.226. The minimum Gasteiger partial charge on any atom is -0.480 e. The Labute approximate surface area is 244 Å². The second-order valence-electron chi connectivity index (χ2n) is 8.64. The topological polar surface area (TPSA) is 283 Å². The van der Waals surface area contributed by atoms with Gasteiger partial charge in [-0.15, -0.1) is 0 Å². The van der Waals surface area contributed by atoms with Crippen molar-refractivity contribution in [3.63, 3.8) is 0 Å². The van der Waals surface area contributed by atoms with E-state index in [1.807, 2.05) is 19.0 Å². The Morgan fingerprint density at radius 1 is 1.00 bits per heavy atom. The van der Waals surface area contributed by atoms with Gasteiger partial charge < -0.3 is 47.4 Å². The van der Waals surface area contributed by atoms with Crippen molar-refractivity contribution in [3.8, 4) is 0 Å². The SMILES string of the molecule is C=C(N)Nc1nc(N=CCOO)nc(Nc2ccc(Nc3nc(NCCN(C)C)nc(NCC(=O)O)n3)c(C(=O)O)c2)n1. The molecule has 0 radical (unpaired) electrons. The van der Waals surface area contributed by atoms with Crippen LogP contribution < -0.4 is 32.3 Å². The van der Waals surface area contributed by atoms with Gasteiger partial charge in [-0.3, -0.25) is 10.1 Å². The average Bonchev–Trinajstić information content (AvgIpc) is 2.92. The molecule has 0 spiro atoms. The Morgan fingerprint density at radius 3 is 2.30 bits per heavy atom. The standard InChI is InChI=1S/C23H30N14O6/c1-12(24)28-21-32-19(26-7-9-43-42)33-22(36-21)29-13-4-5-15(14(10-13)17(40)41)30-23-34-18(25-6-8-37(2)3)31-20(35-23)27-11-16(38)39/h4-5,7,10,42H,1,6,8-9,11,24H2,2-3H3,(H,38,39)(H,40,41)(H2,28,29,32,33,36)(H3,25,27,30,31,34,35). The molecular weight excluding hydrogens is 568 g/mol. The summed E-state index contributed by atoms with van der Waals surface area (Å²) in [6.45, 7) is 4.00. The van der Waals surface area contributed by atoms with E-state index in [0.29, 0.717) is 13.1 Å². The molecule has 0 bridgehead atoms. The van der Waals surface area contributed by atoms with E-state index in [1.165, 1.54) is 24.4 Å². The third-order valence-electron chi connectivity index (χ3n) is 4.88. The largest absolute Gasteiger partial charge is 0.480 e. The van der Waals surface area contributed by atoms with Gasteiger partial charge in [0.2, 0.25) is 29.7 Å². The van der Waals surface area contributed by atoms with Crippen LogP contribution in [0.1, 0.15) is 10.4 Å². The van der Waals surface area contributed by atoms with Crippen LogP contribution in [0.2, 0.25) is 0 Å². The first-order valence-corrected chi connectivity index (χ1v) is 12.3. The number of rotatable bonds is 17.